The third-order valence-corrected chi connectivity index (χ3v) is 5.93. The minimum atomic E-state index is -3.72. The Morgan fingerprint density at radius 2 is 1.83 bits per heavy atom. The number of halogens is 1. The summed E-state index contributed by atoms with van der Waals surface area (Å²) in [6.07, 6.45) is 0.530. The second-order valence-corrected chi connectivity index (χ2v) is 8.79. The number of benzene rings is 1. The fourth-order valence-corrected chi connectivity index (χ4v) is 3.66. The number of carbonyl (C=O) groups is 1. The van der Waals surface area contributed by atoms with Gasteiger partial charge in [-0.1, -0.05) is 25.4 Å². The van der Waals surface area contributed by atoms with Gasteiger partial charge in [0.15, 0.2) is 6.29 Å². The largest absolute Gasteiger partial charge is 0.395 e. The Labute approximate surface area is 179 Å². The van der Waals surface area contributed by atoms with Crippen molar-refractivity contribution in [2.75, 3.05) is 30.4 Å². The Morgan fingerprint density at radius 3 is 2.37 bits per heavy atom. The molecule has 10 nitrogen and oxygen atoms in total. The van der Waals surface area contributed by atoms with E-state index >= 15 is 0 Å². The number of nitrogens with one attached hydrogen (secondary N) is 3. The van der Waals surface area contributed by atoms with Crippen LogP contribution in [-0.2, 0) is 10.0 Å². The van der Waals surface area contributed by atoms with Gasteiger partial charge < -0.3 is 20.8 Å². The maximum absolute atomic E-state index is 12.1. The first kappa shape index (κ1) is 24.0. The van der Waals surface area contributed by atoms with Crippen LogP contribution in [0.1, 0.15) is 24.2 Å². The van der Waals surface area contributed by atoms with Crippen LogP contribution in [0.3, 0.4) is 0 Å². The van der Waals surface area contributed by atoms with E-state index in [-0.39, 0.29) is 59.1 Å². The van der Waals surface area contributed by atoms with Crippen molar-refractivity contribution in [1.82, 2.24) is 14.7 Å². The van der Waals surface area contributed by atoms with Crippen LogP contribution in [0.2, 0.25) is 5.15 Å². The molecule has 0 saturated carbocycles. The van der Waals surface area contributed by atoms with Gasteiger partial charge in [-0.3, -0.25) is 4.79 Å². The number of anilines is 3. The van der Waals surface area contributed by atoms with Gasteiger partial charge in [0.25, 0.3) is 0 Å². The summed E-state index contributed by atoms with van der Waals surface area (Å²) in [7, 11) is -3.72. The van der Waals surface area contributed by atoms with Crippen molar-refractivity contribution in [2.45, 2.75) is 24.8 Å². The zero-order valence-corrected chi connectivity index (χ0v) is 18.0. The van der Waals surface area contributed by atoms with Crippen LogP contribution < -0.4 is 15.4 Å². The van der Waals surface area contributed by atoms with E-state index in [9.17, 15) is 18.3 Å². The highest BCUT2D eigenvalue weighted by Crippen LogP contribution is 2.25. The number of hydrogen-bond acceptors (Lipinski definition) is 9. The molecule has 1 heterocycles. The number of hydrogen-bond donors (Lipinski definition) is 5. The van der Waals surface area contributed by atoms with E-state index in [1.165, 1.54) is 24.3 Å². The fourth-order valence-electron chi connectivity index (χ4n) is 2.42. The Kier molecular flexibility index (Phi) is 8.50. The lowest BCUT2D eigenvalue weighted by Crippen LogP contribution is -2.30. The highest BCUT2D eigenvalue weighted by molar-refractivity contribution is 7.89. The Hall–Kier alpha value is -2.31. The molecular formula is C18H24ClN5O5S. The Balaban J connectivity index is 2.27. The molecule has 1 atom stereocenters. The summed E-state index contributed by atoms with van der Waals surface area (Å²) in [4.78, 5) is 19.7. The zero-order chi connectivity index (χ0) is 22.3. The Bertz CT molecular complexity index is 970. The van der Waals surface area contributed by atoms with Gasteiger partial charge in [-0.05, 0) is 30.2 Å². The number of sulfonamides is 1. The second-order valence-electron chi connectivity index (χ2n) is 6.67. The number of aromatic nitrogens is 2. The number of nitrogens with zero attached hydrogens (tertiary/aromatic N) is 2. The van der Waals surface area contributed by atoms with E-state index in [2.05, 4.69) is 25.3 Å². The SMILES string of the molecule is CC(C)C(CO)Nc1nc(Nc2ccc(S(=O)(=O)NCCO)cc2)nc(Cl)c1C=O. The van der Waals surface area contributed by atoms with Crippen LogP contribution in [0.4, 0.5) is 17.5 Å². The zero-order valence-electron chi connectivity index (χ0n) is 16.5. The Morgan fingerprint density at radius 1 is 1.17 bits per heavy atom. The molecule has 0 radical (unpaired) electrons. The monoisotopic (exact) mass is 457 g/mol. The van der Waals surface area contributed by atoms with Crippen LogP contribution >= 0.6 is 11.6 Å². The molecule has 2 rings (SSSR count). The lowest BCUT2D eigenvalue weighted by Gasteiger charge is -2.22. The summed E-state index contributed by atoms with van der Waals surface area (Å²) in [6.45, 7) is 3.25. The molecule has 0 spiro atoms. The van der Waals surface area contributed by atoms with Crippen LogP contribution in [-0.4, -0.2) is 60.7 Å². The molecule has 0 aliphatic rings. The number of aldehydes is 1. The third kappa shape index (κ3) is 6.09. The lowest BCUT2D eigenvalue weighted by molar-refractivity contribution is 0.112. The van der Waals surface area contributed by atoms with Gasteiger partial charge in [0.05, 0.1) is 29.7 Å². The standard InChI is InChI=1S/C18H24ClN5O5S/c1-11(2)15(10-27)22-17-14(9-26)16(19)23-18(24-17)21-12-3-5-13(6-4-12)30(28,29)20-7-8-25/h3-6,9,11,15,20,25,27H,7-8,10H2,1-2H3,(H2,21,22,23,24). The van der Waals surface area contributed by atoms with E-state index < -0.39 is 10.0 Å². The molecule has 1 unspecified atom stereocenters. The van der Waals surface area contributed by atoms with Crippen LogP contribution in [0.5, 0.6) is 0 Å². The maximum atomic E-state index is 12.1. The van der Waals surface area contributed by atoms with Gasteiger partial charge in [0.2, 0.25) is 16.0 Å². The molecule has 0 aliphatic carbocycles. The minimum absolute atomic E-state index is 0.0295. The van der Waals surface area contributed by atoms with Crippen LogP contribution in [0.15, 0.2) is 29.2 Å². The highest BCUT2D eigenvalue weighted by Gasteiger charge is 2.19. The molecule has 0 fully saturated rings. The highest BCUT2D eigenvalue weighted by atomic mass is 35.5. The predicted octanol–water partition coefficient (Wildman–Crippen LogP) is 1.39. The van der Waals surface area contributed by atoms with Gasteiger partial charge >= 0.3 is 0 Å². The first-order valence-electron chi connectivity index (χ1n) is 9.09. The van der Waals surface area contributed by atoms with Crippen molar-refractivity contribution in [1.29, 1.82) is 0 Å². The van der Waals surface area contributed by atoms with Crippen molar-refractivity contribution in [2.24, 2.45) is 5.92 Å². The van der Waals surface area contributed by atoms with Crippen molar-refractivity contribution in [3.8, 4) is 0 Å². The summed E-state index contributed by atoms with van der Waals surface area (Å²) in [5.41, 5.74) is 0.553. The van der Waals surface area contributed by atoms with E-state index in [1.807, 2.05) is 13.8 Å². The van der Waals surface area contributed by atoms with Gasteiger partial charge in [-0.2, -0.15) is 9.97 Å². The number of carbonyl (C=O) groups excluding carboxylic acids is 1. The van der Waals surface area contributed by atoms with Gasteiger partial charge in [0, 0.05) is 12.2 Å². The first-order chi connectivity index (χ1) is 14.2. The van der Waals surface area contributed by atoms with E-state index in [1.54, 1.807) is 0 Å². The normalized spacial score (nSPS) is 12.6. The number of aliphatic hydroxyl groups is 2. The molecule has 1 aromatic heterocycles. The van der Waals surface area contributed by atoms with Gasteiger partial charge in [0.1, 0.15) is 11.0 Å². The van der Waals surface area contributed by atoms with Crippen molar-refractivity contribution in [3.05, 3.63) is 35.0 Å². The molecule has 0 bridgehead atoms. The van der Waals surface area contributed by atoms with Crippen molar-refractivity contribution < 1.29 is 23.4 Å². The van der Waals surface area contributed by atoms with Gasteiger partial charge in [-0.15, -0.1) is 0 Å². The summed E-state index contributed by atoms with van der Waals surface area (Å²) in [5, 5.41) is 24.1. The van der Waals surface area contributed by atoms with E-state index in [0.717, 1.165) is 0 Å². The first-order valence-corrected chi connectivity index (χ1v) is 11.0. The second kappa shape index (κ2) is 10.6. The number of aliphatic hydroxyl groups excluding tert-OH is 2. The van der Waals surface area contributed by atoms with Crippen molar-refractivity contribution >= 4 is 45.4 Å². The molecule has 2 aromatic rings. The van der Waals surface area contributed by atoms with Crippen LogP contribution in [0.25, 0.3) is 0 Å². The number of rotatable bonds is 11. The van der Waals surface area contributed by atoms with E-state index in [4.69, 9.17) is 16.7 Å². The molecule has 5 N–H and O–H groups in total. The minimum Gasteiger partial charge on any atom is -0.395 e. The van der Waals surface area contributed by atoms with Gasteiger partial charge in [-0.25, -0.2) is 13.1 Å². The average molecular weight is 458 g/mol. The third-order valence-electron chi connectivity index (χ3n) is 4.17. The molecule has 0 saturated heterocycles. The molecule has 164 valence electrons. The topological polar surface area (TPSA) is 154 Å². The molecular weight excluding hydrogens is 434 g/mol. The van der Waals surface area contributed by atoms with Crippen LogP contribution in [0, 0.1) is 5.92 Å². The molecule has 30 heavy (non-hydrogen) atoms. The summed E-state index contributed by atoms with van der Waals surface area (Å²) >= 11 is 6.11. The summed E-state index contributed by atoms with van der Waals surface area (Å²) < 4.78 is 26.4. The molecule has 1 aromatic carbocycles. The van der Waals surface area contributed by atoms with Crippen molar-refractivity contribution in [3.63, 3.8) is 0 Å². The summed E-state index contributed by atoms with van der Waals surface area (Å²) in [5.74, 6) is 0.323. The lowest BCUT2D eigenvalue weighted by atomic mass is 10.1. The molecule has 12 heteroatoms. The summed E-state index contributed by atoms with van der Waals surface area (Å²) in [6, 6.07) is 5.43. The smallest absolute Gasteiger partial charge is 0.240 e. The average Bonchev–Trinajstić information content (AvgIpc) is 2.70. The quantitative estimate of drug-likeness (QED) is 0.248. The fraction of sp³-hybridized carbons (Fsp3) is 0.389. The maximum Gasteiger partial charge on any atom is 0.240 e. The predicted molar refractivity (Wildman–Crippen MR) is 114 cm³/mol. The molecule has 0 amide bonds. The van der Waals surface area contributed by atoms with E-state index in [0.29, 0.717) is 12.0 Å². The molecule has 0 aliphatic heterocycles.